The van der Waals surface area contributed by atoms with Gasteiger partial charge in [-0.3, -0.25) is 14.9 Å². The molecular weight excluding hydrogens is 380 g/mol. The molecule has 1 amide bonds. The van der Waals surface area contributed by atoms with Gasteiger partial charge < -0.3 is 24.3 Å². The van der Waals surface area contributed by atoms with Gasteiger partial charge in [0.15, 0.2) is 5.75 Å². The number of hydrogen-bond acceptors (Lipinski definition) is 7. The SMILES string of the molecule is CCOCc1ccccc1CNC(=O)c1cc(OC)c(OC)c(OC)c1[N+](=O)[O-]. The molecule has 0 aromatic heterocycles. The van der Waals surface area contributed by atoms with Gasteiger partial charge in [-0.25, -0.2) is 0 Å². The Balaban J connectivity index is 2.37. The van der Waals surface area contributed by atoms with Gasteiger partial charge in [-0.2, -0.15) is 0 Å². The third-order valence-corrected chi connectivity index (χ3v) is 4.25. The zero-order chi connectivity index (χ0) is 21.4. The van der Waals surface area contributed by atoms with Crippen LogP contribution in [-0.2, 0) is 17.9 Å². The van der Waals surface area contributed by atoms with Gasteiger partial charge in [0.1, 0.15) is 5.56 Å². The van der Waals surface area contributed by atoms with Gasteiger partial charge in [-0.1, -0.05) is 24.3 Å². The van der Waals surface area contributed by atoms with Crippen LogP contribution < -0.4 is 19.5 Å². The van der Waals surface area contributed by atoms with E-state index in [0.717, 1.165) is 11.1 Å². The molecule has 0 heterocycles. The van der Waals surface area contributed by atoms with Gasteiger partial charge in [0.25, 0.3) is 5.91 Å². The zero-order valence-electron chi connectivity index (χ0n) is 16.8. The molecule has 0 radical (unpaired) electrons. The number of carbonyl (C=O) groups excluding carboxylic acids is 1. The van der Waals surface area contributed by atoms with E-state index in [1.165, 1.54) is 27.4 Å². The fourth-order valence-corrected chi connectivity index (χ4v) is 2.85. The highest BCUT2D eigenvalue weighted by Gasteiger charge is 2.32. The predicted octanol–water partition coefficient (Wildman–Crippen LogP) is 3.09. The predicted molar refractivity (Wildman–Crippen MR) is 106 cm³/mol. The van der Waals surface area contributed by atoms with Crippen LogP contribution in [0.25, 0.3) is 0 Å². The second-order valence-corrected chi connectivity index (χ2v) is 5.89. The molecule has 0 aliphatic rings. The Bertz CT molecular complexity index is 883. The van der Waals surface area contributed by atoms with Crippen LogP contribution in [0.4, 0.5) is 5.69 Å². The van der Waals surface area contributed by atoms with Gasteiger partial charge in [0.05, 0.1) is 32.9 Å². The number of hydrogen-bond donors (Lipinski definition) is 1. The molecule has 0 atom stereocenters. The summed E-state index contributed by atoms with van der Waals surface area (Å²) in [6.07, 6.45) is 0. The third kappa shape index (κ3) is 4.94. The maximum Gasteiger partial charge on any atom is 0.327 e. The quantitative estimate of drug-likeness (QED) is 0.479. The number of carbonyl (C=O) groups is 1. The largest absolute Gasteiger partial charge is 0.493 e. The van der Waals surface area contributed by atoms with E-state index in [1.807, 2.05) is 31.2 Å². The van der Waals surface area contributed by atoms with Crippen LogP contribution in [0, 0.1) is 10.1 Å². The molecule has 2 aromatic carbocycles. The van der Waals surface area contributed by atoms with Gasteiger partial charge in [0.2, 0.25) is 11.5 Å². The summed E-state index contributed by atoms with van der Waals surface area (Å²) < 4.78 is 21.0. The average molecular weight is 404 g/mol. The smallest absolute Gasteiger partial charge is 0.327 e. The second-order valence-electron chi connectivity index (χ2n) is 5.89. The summed E-state index contributed by atoms with van der Waals surface area (Å²) in [5, 5.41) is 14.4. The molecule has 0 aliphatic heterocycles. The molecule has 1 N–H and O–H groups in total. The topological polar surface area (TPSA) is 109 Å². The van der Waals surface area contributed by atoms with Gasteiger partial charge >= 0.3 is 5.69 Å². The van der Waals surface area contributed by atoms with Gasteiger partial charge in [-0.15, -0.1) is 0 Å². The Morgan fingerprint density at radius 3 is 2.28 bits per heavy atom. The Labute approximate surface area is 168 Å². The molecule has 2 aromatic rings. The van der Waals surface area contributed by atoms with Crippen molar-refractivity contribution in [3.63, 3.8) is 0 Å². The Morgan fingerprint density at radius 2 is 1.72 bits per heavy atom. The maximum absolute atomic E-state index is 12.8. The summed E-state index contributed by atoms with van der Waals surface area (Å²) in [5.41, 5.74) is 1.09. The lowest BCUT2D eigenvalue weighted by Gasteiger charge is -2.15. The van der Waals surface area contributed by atoms with Crippen LogP contribution in [0.3, 0.4) is 0 Å². The van der Waals surface area contributed by atoms with Crippen molar-refractivity contribution in [1.82, 2.24) is 5.32 Å². The molecule has 9 heteroatoms. The lowest BCUT2D eigenvalue weighted by atomic mass is 10.1. The number of benzene rings is 2. The molecule has 0 unspecified atom stereocenters. The number of nitrogens with one attached hydrogen (secondary N) is 1. The first kappa shape index (κ1) is 22.0. The minimum atomic E-state index is -0.682. The summed E-state index contributed by atoms with van der Waals surface area (Å²) in [4.78, 5) is 23.8. The summed E-state index contributed by atoms with van der Waals surface area (Å²) in [7, 11) is 3.96. The number of amides is 1. The maximum atomic E-state index is 12.8. The highest BCUT2D eigenvalue weighted by Crippen LogP contribution is 2.46. The molecule has 0 aliphatic carbocycles. The van der Waals surface area contributed by atoms with Crippen LogP contribution in [0.5, 0.6) is 17.2 Å². The molecule has 2 rings (SSSR count). The number of nitrogens with zero attached hydrogens (tertiary/aromatic N) is 1. The van der Waals surface area contributed by atoms with Crippen molar-refractivity contribution in [2.45, 2.75) is 20.1 Å². The Kier molecular flexibility index (Phi) is 7.79. The van der Waals surface area contributed by atoms with Crippen LogP contribution in [-0.4, -0.2) is 38.8 Å². The number of methoxy groups -OCH3 is 3. The van der Waals surface area contributed by atoms with Crippen molar-refractivity contribution in [2.75, 3.05) is 27.9 Å². The van der Waals surface area contributed by atoms with E-state index in [1.54, 1.807) is 0 Å². The molecule has 9 nitrogen and oxygen atoms in total. The van der Waals surface area contributed by atoms with E-state index in [4.69, 9.17) is 18.9 Å². The normalized spacial score (nSPS) is 10.3. The standard InChI is InChI=1S/C20H24N2O7/c1-5-29-12-14-9-7-6-8-13(14)11-21-20(23)15-10-16(26-2)18(27-3)19(28-4)17(15)22(24)25/h6-10H,5,11-12H2,1-4H3,(H,21,23). The fraction of sp³-hybridized carbons (Fsp3) is 0.350. The highest BCUT2D eigenvalue weighted by molar-refractivity contribution is 6.00. The number of nitro groups is 1. The first-order valence-corrected chi connectivity index (χ1v) is 8.88. The molecule has 0 bridgehead atoms. The van der Waals surface area contributed by atoms with Crippen LogP contribution in [0.1, 0.15) is 28.4 Å². The summed E-state index contributed by atoms with van der Waals surface area (Å²) in [6.45, 7) is 3.05. The van der Waals surface area contributed by atoms with E-state index in [-0.39, 0.29) is 29.4 Å². The molecule has 0 saturated carbocycles. The minimum absolute atomic E-state index is 0.0420. The van der Waals surface area contributed by atoms with E-state index in [2.05, 4.69) is 5.32 Å². The minimum Gasteiger partial charge on any atom is -0.493 e. The van der Waals surface area contributed by atoms with Crippen molar-refractivity contribution in [3.05, 3.63) is 57.1 Å². The highest BCUT2D eigenvalue weighted by atomic mass is 16.6. The average Bonchev–Trinajstić information content (AvgIpc) is 2.74. The van der Waals surface area contributed by atoms with Gasteiger partial charge in [-0.05, 0) is 18.1 Å². The zero-order valence-corrected chi connectivity index (χ0v) is 16.8. The van der Waals surface area contributed by atoms with Crippen LogP contribution in [0.2, 0.25) is 0 Å². The van der Waals surface area contributed by atoms with Crippen molar-refractivity contribution in [3.8, 4) is 17.2 Å². The summed E-state index contributed by atoms with van der Waals surface area (Å²) in [6, 6.07) is 8.75. The molecular formula is C20H24N2O7. The molecule has 29 heavy (non-hydrogen) atoms. The molecule has 0 saturated heterocycles. The van der Waals surface area contributed by atoms with Crippen molar-refractivity contribution >= 4 is 11.6 Å². The van der Waals surface area contributed by atoms with Crippen molar-refractivity contribution < 1.29 is 28.7 Å². The van der Waals surface area contributed by atoms with Crippen LogP contribution in [0.15, 0.2) is 30.3 Å². The van der Waals surface area contributed by atoms with E-state index >= 15 is 0 Å². The summed E-state index contributed by atoms with van der Waals surface area (Å²) >= 11 is 0. The fourth-order valence-electron chi connectivity index (χ4n) is 2.85. The Morgan fingerprint density at radius 1 is 1.07 bits per heavy atom. The lowest BCUT2D eigenvalue weighted by Crippen LogP contribution is -2.24. The monoisotopic (exact) mass is 404 g/mol. The number of rotatable bonds is 10. The van der Waals surface area contributed by atoms with Crippen LogP contribution >= 0.6 is 0 Å². The van der Waals surface area contributed by atoms with Crippen molar-refractivity contribution in [1.29, 1.82) is 0 Å². The molecule has 156 valence electrons. The third-order valence-electron chi connectivity index (χ3n) is 4.25. The second kappa shape index (κ2) is 10.3. The molecule has 0 fully saturated rings. The van der Waals surface area contributed by atoms with E-state index < -0.39 is 16.5 Å². The van der Waals surface area contributed by atoms with Gasteiger partial charge in [0, 0.05) is 19.2 Å². The molecule has 0 spiro atoms. The lowest BCUT2D eigenvalue weighted by molar-refractivity contribution is -0.386. The number of nitro benzene ring substituents is 1. The van der Waals surface area contributed by atoms with E-state index in [0.29, 0.717) is 13.2 Å². The summed E-state index contributed by atoms with van der Waals surface area (Å²) in [5.74, 6) is -0.627. The number of ether oxygens (including phenoxy) is 4. The first-order valence-electron chi connectivity index (χ1n) is 8.88. The van der Waals surface area contributed by atoms with E-state index in [9.17, 15) is 14.9 Å². The Hall–Kier alpha value is -3.33. The first-order chi connectivity index (χ1) is 14.0. The van der Waals surface area contributed by atoms with Crippen molar-refractivity contribution in [2.24, 2.45) is 0 Å².